The van der Waals surface area contributed by atoms with E-state index in [4.69, 9.17) is 25.5 Å². The van der Waals surface area contributed by atoms with Crippen LogP contribution in [-0.4, -0.2) is 50.4 Å². The minimum absolute atomic E-state index is 0.166. The molecule has 0 fully saturated rings. The van der Waals surface area contributed by atoms with E-state index in [1.54, 1.807) is 0 Å². The van der Waals surface area contributed by atoms with Gasteiger partial charge in [0.05, 0.1) is 0 Å². The van der Waals surface area contributed by atoms with Crippen LogP contribution in [0.15, 0.2) is 0 Å². The summed E-state index contributed by atoms with van der Waals surface area (Å²) in [6.45, 7) is 0.166. The van der Waals surface area contributed by atoms with Crippen molar-refractivity contribution in [2.75, 3.05) is 12.7 Å². The van der Waals surface area contributed by atoms with E-state index in [1.807, 2.05) is 0 Å². The van der Waals surface area contributed by atoms with Gasteiger partial charge in [-0.1, -0.05) is 0 Å². The monoisotopic (exact) mass is 255 g/mol. The van der Waals surface area contributed by atoms with Gasteiger partial charge in [0.25, 0.3) is 5.91 Å². The zero-order valence-electron chi connectivity index (χ0n) is 8.54. The summed E-state index contributed by atoms with van der Waals surface area (Å²) >= 11 is 0. The minimum atomic E-state index is -4.09. The maximum absolute atomic E-state index is 10.9. The third-order valence-electron chi connectivity index (χ3n) is 1.69. The van der Waals surface area contributed by atoms with Crippen LogP contribution in [0.5, 0.6) is 0 Å². The number of carbonyl (C=O) groups is 2. The Morgan fingerprint density at radius 3 is 2.31 bits per heavy atom. The Hall–Kier alpha value is -0.790. The van der Waals surface area contributed by atoms with Gasteiger partial charge >= 0.3 is 13.9 Å². The summed E-state index contributed by atoms with van der Waals surface area (Å²) in [4.78, 5) is 46.9. The van der Waals surface area contributed by atoms with Crippen LogP contribution in [0.1, 0.15) is 12.8 Å². The van der Waals surface area contributed by atoms with Gasteiger partial charge in [-0.3, -0.25) is 9.59 Å². The molecule has 0 aliphatic heterocycles. The molecular formula is C7H16N2O6P+. The largest absolute Gasteiger partial charge is 0.480 e. The molecule has 0 saturated carbocycles. The molecule has 94 valence electrons. The van der Waals surface area contributed by atoms with E-state index in [0.29, 0.717) is 6.42 Å². The molecule has 0 unspecified atom stereocenters. The first-order valence-corrected chi connectivity index (χ1v) is 6.37. The fraction of sp³-hybridized carbons (Fsp3) is 0.714. The highest BCUT2D eigenvalue weighted by molar-refractivity contribution is 7.59. The number of hydrogen-bond acceptors (Lipinski definition) is 6. The van der Waals surface area contributed by atoms with Crippen LogP contribution in [-0.2, 0) is 9.59 Å². The Morgan fingerprint density at radius 1 is 1.31 bits per heavy atom. The van der Waals surface area contributed by atoms with Crippen molar-refractivity contribution in [3.05, 3.63) is 0 Å². The third-order valence-corrected chi connectivity index (χ3v) is 2.40. The zero-order chi connectivity index (χ0) is 12.8. The first-order chi connectivity index (χ1) is 7.22. The summed E-state index contributed by atoms with van der Waals surface area (Å²) in [5.74, 6) is -1.82. The molecule has 0 aromatic heterocycles. The van der Waals surface area contributed by atoms with Crippen molar-refractivity contribution in [1.82, 2.24) is 5.32 Å². The Bertz CT molecular complexity index is 254. The molecule has 0 aromatic carbocycles. The normalized spacial score (nSPS) is 13.2. The molecule has 0 aromatic rings. The maximum atomic E-state index is 10.9. The van der Waals surface area contributed by atoms with E-state index >= 15 is 0 Å². The number of hydrogen-bond donors (Lipinski definition) is 6. The second-order valence-corrected chi connectivity index (χ2v) is 4.99. The van der Waals surface area contributed by atoms with Crippen molar-refractivity contribution >= 4 is 19.8 Å². The average Bonchev–Trinajstić information content (AvgIpc) is 2.08. The quantitative estimate of drug-likeness (QED) is 0.228. The van der Waals surface area contributed by atoms with E-state index in [0.717, 1.165) is 0 Å². The molecule has 16 heavy (non-hydrogen) atoms. The van der Waals surface area contributed by atoms with E-state index in [2.05, 4.69) is 5.32 Å². The minimum Gasteiger partial charge on any atom is -0.480 e. The first-order valence-electron chi connectivity index (χ1n) is 4.54. The molecule has 1 amide bonds. The fourth-order valence-corrected chi connectivity index (χ4v) is 1.42. The van der Waals surface area contributed by atoms with Crippen molar-refractivity contribution in [2.45, 2.75) is 18.9 Å². The molecule has 0 spiro atoms. The molecule has 0 radical (unpaired) electrons. The predicted octanol–water partition coefficient (Wildman–Crippen LogP) is -1.97. The number of aliphatic carboxylic acids is 1. The molecule has 0 saturated heterocycles. The van der Waals surface area contributed by atoms with Crippen molar-refractivity contribution < 1.29 is 29.4 Å². The lowest BCUT2D eigenvalue weighted by Crippen LogP contribution is -2.33. The Morgan fingerprint density at radius 2 is 1.88 bits per heavy atom. The second kappa shape index (κ2) is 6.72. The summed E-state index contributed by atoms with van der Waals surface area (Å²) < 4.78 is 0. The lowest BCUT2D eigenvalue weighted by atomic mass is 10.2. The van der Waals surface area contributed by atoms with Gasteiger partial charge in [0, 0.05) is 6.54 Å². The molecular weight excluding hydrogens is 239 g/mol. The molecule has 0 heterocycles. The number of carbonyl (C=O) groups excluding carboxylic acids is 1. The van der Waals surface area contributed by atoms with Crippen LogP contribution >= 0.6 is 7.94 Å². The van der Waals surface area contributed by atoms with E-state index in [1.165, 1.54) is 0 Å². The van der Waals surface area contributed by atoms with Gasteiger partial charge in [-0.15, -0.1) is 0 Å². The fourth-order valence-electron chi connectivity index (χ4n) is 0.922. The molecule has 9 heteroatoms. The van der Waals surface area contributed by atoms with E-state index < -0.39 is 32.0 Å². The molecule has 8 nitrogen and oxygen atoms in total. The van der Waals surface area contributed by atoms with Gasteiger partial charge in [-0.2, -0.15) is 14.7 Å². The highest BCUT2D eigenvalue weighted by Gasteiger charge is 2.33. The maximum Gasteiger partial charge on any atom is 0.413 e. The van der Waals surface area contributed by atoms with Gasteiger partial charge in [0.1, 0.15) is 6.04 Å². The van der Waals surface area contributed by atoms with Crippen LogP contribution in [0.2, 0.25) is 0 Å². The number of carboxylic acids is 1. The Labute approximate surface area is 92.7 Å². The summed E-state index contributed by atoms with van der Waals surface area (Å²) in [5, 5.41) is 10.7. The molecule has 7 N–H and O–H groups in total. The van der Waals surface area contributed by atoms with Gasteiger partial charge in [-0.05, 0) is 12.8 Å². The zero-order valence-corrected chi connectivity index (χ0v) is 9.43. The SMILES string of the molecule is N[C@@H](CCCNC(=O)C[P+](O)(O)O)C(=O)O. The van der Waals surface area contributed by atoms with E-state index in [9.17, 15) is 9.59 Å². The highest BCUT2D eigenvalue weighted by atomic mass is 31.2. The van der Waals surface area contributed by atoms with Crippen molar-refractivity contribution in [3.8, 4) is 0 Å². The Balaban J connectivity index is 3.60. The summed E-state index contributed by atoms with van der Waals surface area (Å²) in [6, 6.07) is -0.975. The van der Waals surface area contributed by atoms with Gasteiger partial charge < -0.3 is 16.2 Å². The predicted molar refractivity (Wildman–Crippen MR) is 56.3 cm³/mol. The van der Waals surface area contributed by atoms with Crippen LogP contribution in [0, 0.1) is 0 Å². The standard InChI is InChI=1S/C7H15N2O6P/c8-5(7(11)12)2-1-3-9-6(10)4-16(13,14)15/h5,13-15H,1-4,8H2,(H-,9,10,11,12)/p+1/t5-/m0/s1. The van der Waals surface area contributed by atoms with Crippen LogP contribution in [0.3, 0.4) is 0 Å². The third kappa shape index (κ3) is 8.51. The van der Waals surface area contributed by atoms with Crippen LogP contribution < -0.4 is 11.1 Å². The van der Waals surface area contributed by atoms with Crippen molar-refractivity contribution in [3.63, 3.8) is 0 Å². The molecule has 1 atom stereocenters. The molecule has 0 aliphatic carbocycles. The summed E-state index contributed by atoms with van der Waals surface area (Å²) in [5.41, 5.74) is 5.21. The van der Waals surface area contributed by atoms with Crippen molar-refractivity contribution in [1.29, 1.82) is 0 Å². The number of nitrogens with two attached hydrogens (primary N) is 1. The average molecular weight is 255 g/mol. The van der Waals surface area contributed by atoms with Crippen molar-refractivity contribution in [2.24, 2.45) is 5.73 Å². The molecule has 0 rings (SSSR count). The first kappa shape index (κ1) is 15.2. The highest BCUT2D eigenvalue weighted by Crippen LogP contribution is 2.43. The lowest BCUT2D eigenvalue weighted by Gasteiger charge is -2.07. The topological polar surface area (TPSA) is 153 Å². The number of rotatable bonds is 7. The van der Waals surface area contributed by atoms with Gasteiger partial charge in [-0.25, -0.2) is 0 Å². The van der Waals surface area contributed by atoms with Gasteiger partial charge in [0.2, 0.25) is 6.16 Å². The number of carboxylic acid groups (broad SMARTS) is 1. The second-order valence-electron chi connectivity index (χ2n) is 3.29. The molecule has 0 bridgehead atoms. The summed E-state index contributed by atoms with van der Waals surface area (Å²) in [6.07, 6.45) is -0.196. The number of nitrogens with one attached hydrogen (secondary N) is 1. The Kier molecular flexibility index (Phi) is 6.39. The van der Waals surface area contributed by atoms with Crippen LogP contribution in [0.25, 0.3) is 0 Å². The smallest absolute Gasteiger partial charge is 0.413 e. The number of amides is 1. The lowest BCUT2D eigenvalue weighted by molar-refractivity contribution is -0.138. The van der Waals surface area contributed by atoms with E-state index in [-0.39, 0.29) is 13.0 Å². The molecule has 0 aliphatic rings. The van der Waals surface area contributed by atoms with Gasteiger partial charge in [0.15, 0.2) is 0 Å². The van der Waals surface area contributed by atoms with Crippen LogP contribution in [0.4, 0.5) is 0 Å². The summed E-state index contributed by atoms with van der Waals surface area (Å²) in [7, 11) is -4.09.